The lowest BCUT2D eigenvalue weighted by atomic mass is 10.2. The third-order valence-corrected chi connectivity index (χ3v) is 7.76. The quantitative estimate of drug-likeness (QED) is 0.421. The monoisotopic (exact) mass is 490 g/mol. The molecule has 0 saturated carbocycles. The van der Waals surface area contributed by atoms with Crippen LogP contribution in [-0.2, 0) is 19.6 Å². The topological polar surface area (TPSA) is 123 Å². The highest BCUT2D eigenvalue weighted by atomic mass is 32.2. The van der Waals surface area contributed by atoms with E-state index in [0.29, 0.717) is 63.9 Å². The summed E-state index contributed by atoms with van der Waals surface area (Å²) < 4.78 is 37.5. The number of morpholine rings is 1. The van der Waals surface area contributed by atoms with E-state index in [1.807, 2.05) is 4.90 Å². The summed E-state index contributed by atoms with van der Waals surface area (Å²) in [6.07, 6.45) is 0. The fraction of sp³-hybridized carbons (Fsp3) is 0.409. The summed E-state index contributed by atoms with van der Waals surface area (Å²) in [5.41, 5.74) is 0.590. The molecule has 0 atom stereocenters. The van der Waals surface area contributed by atoms with Gasteiger partial charge < -0.3 is 19.3 Å². The van der Waals surface area contributed by atoms with Crippen molar-refractivity contribution in [2.75, 3.05) is 64.0 Å². The first-order valence-electron chi connectivity index (χ1n) is 10.9. The number of sulfonamides is 1. The van der Waals surface area contributed by atoms with Gasteiger partial charge in [0.25, 0.3) is 11.6 Å². The minimum absolute atomic E-state index is 0.0460. The molecule has 4 rings (SSSR count). The van der Waals surface area contributed by atoms with Crippen LogP contribution in [0, 0.1) is 10.1 Å². The van der Waals surface area contributed by atoms with Crippen LogP contribution in [0.4, 0.5) is 11.4 Å². The summed E-state index contributed by atoms with van der Waals surface area (Å²) in [6, 6.07) is 12.6. The van der Waals surface area contributed by atoms with Gasteiger partial charge in [-0.3, -0.25) is 14.9 Å². The normalized spacial score (nSPS) is 17.4. The Hall–Kier alpha value is -3.22. The van der Waals surface area contributed by atoms with E-state index in [9.17, 15) is 23.3 Å². The van der Waals surface area contributed by atoms with Crippen LogP contribution >= 0.6 is 0 Å². The second-order valence-corrected chi connectivity index (χ2v) is 9.83. The molecule has 0 unspecified atom stereocenters. The molecule has 34 heavy (non-hydrogen) atoms. The third-order valence-electron chi connectivity index (χ3n) is 5.85. The second-order valence-electron chi connectivity index (χ2n) is 7.89. The van der Waals surface area contributed by atoms with E-state index in [1.165, 1.54) is 34.6 Å². The summed E-state index contributed by atoms with van der Waals surface area (Å²) in [6.45, 7) is 3.00. The average Bonchev–Trinajstić information content (AvgIpc) is 2.88. The Bertz CT molecular complexity index is 1130. The molecule has 0 bridgehead atoms. The van der Waals surface area contributed by atoms with Crippen LogP contribution in [0.25, 0.3) is 0 Å². The number of piperazine rings is 1. The summed E-state index contributed by atoms with van der Waals surface area (Å²) in [7, 11) is -3.59. The SMILES string of the molecule is O=C(COc1ccc(S(=O)(=O)N2CCOCC2)cc1)N1CCN(c2ccccc2[N+](=O)[O-])CC1. The first kappa shape index (κ1) is 23.9. The molecular formula is C22H26N4O7S. The number of carbonyl (C=O) groups excluding carboxylic acids is 1. The molecule has 1 amide bonds. The lowest BCUT2D eigenvalue weighted by Crippen LogP contribution is -2.50. The number of anilines is 1. The molecule has 182 valence electrons. The Morgan fingerprint density at radius 3 is 2.26 bits per heavy atom. The Morgan fingerprint density at radius 2 is 1.62 bits per heavy atom. The molecule has 12 heteroatoms. The lowest BCUT2D eigenvalue weighted by molar-refractivity contribution is -0.384. The number of nitrogens with zero attached hydrogens (tertiary/aromatic N) is 4. The molecule has 2 aliphatic rings. The molecule has 2 fully saturated rings. The zero-order chi connectivity index (χ0) is 24.1. The molecule has 2 aliphatic heterocycles. The van der Waals surface area contributed by atoms with Crippen LogP contribution < -0.4 is 9.64 Å². The first-order chi connectivity index (χ1) is 16.4. The van der Waals surface area contributed by atoms with Crippen LogP contribution in [-0.4, -0.2) is 87.5 Å². The van der Waals surface area contributed by atoms with Crippen LogP contribution in [0.3, 0.4) is 0 Å². The molecule has 2 saturated heterocycles. The van der Waals surface area contributed by atoms with E-state index in [4.69, 9.17) is 9.47 Å². The Balaban J connectivity index is 1.29. The number of nitro groups is 1. The number of nitro benzene ring substituents is 1. The summed E-state index contributed by atoms with van der Waals surface area (Å²) in [5.74, 6) is 0.194. The van der Waals surface area contributed by atoms with Gasteiger partial charge in [0.15, 0.2) is 6.61 Å². The van der Waals surface area contributed by atoms with E-state index < -0.39 is 14.9 Å². The van der Waals surface area contributed by atoms with Gasteiger partial charge in [0, 0.05) is 45.3 Å². The molecule has 2 aromatic rings. The van der Waals surface area contributed by atoms with Crippen molar-refractivity contribution in [2.24, 2.45) is 0 Å². The van der Waals surface area contributed by atoms with Crippen LogP contribution in [0.5, 0.6) is 5.75 Å². The molecule has 0 spiro atoms. The largest absolute Gasteiger partial charge is 0.484 e. The maximum atomic E-state index is 12.7. The Labute approximate surface area is 197 Å². The van der Waals surface area contributed by atoms with Gasteiger partial charge in [0.2, 0.25) is 10.0 Å². The van der Waals surface area contributed by atoms with Crippen molar-refractivity contribution < 1.29 is 27.6 Å². The van der Waals surface area contributed by atoms with E-state index in [2.05, 4.69) is 0 Å². The summed E-state index contributed by atoms with van der Waals surface area (Å²) in [4.78, 5) is 27.2. The Kier molecular flexibility index (Phi) is 7.29. The van der Waals surface area contributed by atoms with Crippen molar-refractivity contribution in [2.45, 2.75) is 4.90 Å². The molecule has 0 radical (unpaired) electrons. The zero-order valence-corrected chi connectivity index (χ0v) is 19.4. The van der Waals surface area contributed by atoms with Crippen molar-refractivity contribution in [3.05, 3.63) is 58.6 Å². The highest BCUT2D eigenvalue weighted by Gasteiger charge is 2.27. The molecule has 0 aliphatic carbocycles. The van der Waals surface area contributed by atoms with Gasteiger partial charge in [0.1, 0.15) is 11.4 Å². The standard InChI is InChI=1S/C22H26N4O7S/c27-22(24-11-9-23(10-12-24)20-3-1-2-4-21(20)26(28)29)17-33-18-5-7-19(8-6-18)34(30,31)25-13-15-32-16-14-25/h1-8H,9-17H2. The van der Waals surface area contributed by atoms with Crippen molar-refractivity contribution >= 4 is 27.3 Å². The van der Waals surface area contributed by atoms with E-state index in [1.54, 1.807) is 23.1 Å². The minimum Gasteiger partial charge on any atom is -0.484 e. The maximum Gasteiger partial charge on any atom is 0.292 e. The zero-order valence-electron chi connectivity index (χ0n) is 18.5. The number of hydrogen-bond acceptors (Lipinski definition) is 8. The number of carbonyl (C=O) groups is 1. The average molecular weight is 491 g/mol. The number of hydrogen-bond donors (Lipinski definition) is 0. The van der Waals surface area contributed by atoms with Gasteiger partial charge in [-0.1, -0.05) is 12.1 Å². The smallest absolute Gasteiger partial charge is 0.292 e. The van der Waals surface area contributed by atoms with Crippen molar-refractivity contribution in [3.8, 4) is 5.75 Å². The predicted molar refractivity (Wildman–Crippen MR) is 123 cm³/mol. The van der Waals surface area contributed by atoms with Gasteiger partial charge >= 0.3 is 0 Å². The Morgan fingerprint density at radius 1 is 0.971 bits per heavy atom. The summed E-state index contributed by atoms with van der Waals surface area (Å²) in [5, 5.41) is 11.3. The van der Waals surface area contributed by atoms with Crippen LogP contribution in [0.1, 0.15) is 0 Å². The molecule has 0 aromatic heterocycles. The number of amides is 1. The van der Waals surface area contributed by atoms with Crippen LogP contribution in [0.15, 0.2) is 53.4 Å². The van der Waals surface area contributed by atoms with E-state index in [0.717, 1.165) is 0 Å². The number of rotatable bonds is 7. The minimum atomic E-state index is -3.59. The highest BCUT2D eigenvalue weighted by molar-refractivity contribution is 7.89. The highest BCUT2D eigenvalue weighted by Crippen LogP contribution is 2.28. The second kappa shape index (κ2) is 10.4. The third kappa shape index (κ3) is 5.29. The fourth-order valence-electron chi connectivity index (χ4n) is 3.96. The van der Waals surface area contributed by atoms with Crippen molar-refractivity contribution in [1.82, 2.24) is 9.21 Å². The van der Waals surface area contributed by atoms with E-state index >= 15 is 0 Å². The summed E-state index contributed by atoms with van der Waals surface area (Å²) >= 11 is 0. The molecule has 2 heterocycles. The maximum absolute atomic E-state index is 12.7. The van der Waals surface area contributed by atoms with Gasteiger partial charge in [0.05, 0.1) is 23.0 Å². The molecule has 11 nitrogen and oxygen atoms in total. The van der Waals surface area contributed by atoms with Gasteiger partial charge in [-0.25, -0.2) is 8.42 Å². The van der Waals surface area contributed by atoms with Crippen LogP contribution in [0.2, 0.25) is 0 Å². The van der Waals surface area contributed by atoms with Gasteiger partial charge in [-0.15, -0.1) is 0 Å². The molecule has 0 N–H and O–H groups in total. The number of para-hydroxylation sites is 2. The van der Waals surface area contributed by atoms with Gasteiger partial charge in [-0.2, -0.15) is 4.31 Å². The first-order valence-corrected chi connectivity index (χ1v) is 12.4. The van der Waals surface area contributed by atoms with Crippen molar-refractivity contribution in [3.63, 3.8) is 0 Å². The lowest BCUT2D eigenvalue weighted by Gasteiger charge is -2.35. The number of benzene rings is 2. The van der Waals surface area contributed by atoms with Gasteiger partial charge in [-0.05, 0) is 30.3 Å². The number of ether oxygens (including phenoxy) is 2. The predicted octanol–water partition coefficient (Wildman–Crippen LogP) is 1.34. The van der Waals surface area contributed by atoms with E-state index in [-0.39, 0.29) is 23.1 Å². The molecule has 2 aromatic carbocycles. The molecular weight excluding hydrogens is 464 g/mol. The fourth-order valence-corrected chi connectivity index (χ4v) is 5.37. The van der Waals surface area contributed by atoms with Crippen molar-refractivity contribution in [1.29, 1.82) is 0 Å².